The van der Waals surface area contributed by atoms with Gasteiger partial charge in [-0.05, 0) is 24.5 Å². The molecule has 144 valence electrons. The molecule has 4 rings (SSSR count). The molecule has 0 aliphatic carbocycles. The molecule has 1 aliphatic rings. The van der Waals surface area contributed by atoms with Crippen molar-refractivity contribution < 1.29 is 4.79 Å². The van der Waals surface area contributed by atoms with Crippen molar-refractivity contribution in [1.82, 2.24) is 30.0 Å². The Balaban J connectivity index is 1.33. The molecule has 1 saturated heterocycles. The van der Waals surface area contributed by atoms with Crippen molar-refractivity contribution in [2.24, 2.45) is 5.92 Å². The highest BCUT2D eigenvalue weighted by Gasteiger charge is 2.25. The molecule has 0 bridgehead atoms. The standard InChI is InChI=1S/C19H20ClN7O/c20-16-4-2-1-3-15(16)10-22-19(28)14-5-7-26(8-6-14)17-9-18(24-12-23-17)27-13-21-11-25-27/h1-4,9,11-14H,5-8,10H2,(H,22,28). The third-order valence-electron chi connectivity index (χ3n) is 4.89. The van der Waals surface area contributed by atoms with Gasteiger partial charge in [0.2, 0.25) is 5.91 Å². The zero-order chi connectivity index (χ0) is 19.3. The summed E-state index contributed by atoms with van der Waals surface area (Å²) in [5.41, 5.74) is 0.927. The van der Waals surface area contributed by atoms with Crippen molar-refractivity contribution >= 4 is 23.3 Å². The maximum atomic E-state index is 12.5. The molecule has 1 fully saturated rings. The maximum Gasteiger partial charge on any atom is 0.223 e. The van der Waals surface area contributed by atoms with Crippen LogP contribution in [0.4, 0.5) is 5.82 Å². The van der Waals surface area contributed by atoms with Gasteiger partial charge in [0.15, 0.2) is 5.82 Å². The van der Waals surface area contributed by atoms with E-state index in [4.69, 9.17) is 11.6 Å². The van der Waals surface area contributed by atoms with Gasteiger partial charge in [-0.25, -0.2) is 19.6 Å². The fraction of sp³-hybridized carbons (Fsp3) is 0.316. The molecular formula is C19H20ClN7O. The molecule has 9 heteroatoms. The summed E-state index contributed by atoms with van der Waals surface area (Å²) >= 11 is 6.15. The molecule has 8 nitrogen and oxygen atoms in total. The molecule has 3 aromatic rings. The number of hydrogen-bond donors (Lipinski definition) is 1. The van der Waals surface area contributed by atoms with Crippen LogP contribution >= 0.6 is 11.6 Å². The Hall–Kier alpha value is -3.00. The molecule has 1 N–H and O–H groups in total. The lowest BCUT2D eigenvalue weighted by Gasteiger charge is -2.32. The van der Waals surface area contributed by atoms with Crippen LogP contribution in [-0.4, -0.2) is 43.7 Å². The van der Waals surface area contributed by atoms with E-state index in [0.717, 1.165) is 37.3 Å². The van der Waals surface area contributed by atoms with Gasteiger partial charge < -0.3 is 10.2 Å². The van der Waals surface area contributed by atoms with Crippen LogP contribution in [0.5, 0.6) is 0 Å². The largest absolute Gasteiger partial charge is 0.356 e. The highest BCUT2D eigenvalue weighted by atomic mass is 35.5. The second-order valence-electron chi connectivity index (χ2n) is 6.64. The van der Waals surface area contributed by atoms with Gasteiger partial charge >= 0.3 is 0 Å². The van der Waals surface area contributed by atoms with Crippen LogP contribution in [0.1, 0.15) is 18.4 Å². The van der Waals surface area contributed by atoms with Crippen molar-refractivity contribution in [3.05, 3.63) is 59.9 Å². The first-order valence-electron chi connectivity index (χ1n) is 9.14. The molecule has 1 aromatic carbocycles. The van der Waals surface area contributed by atoms with Crippen LogP contribution in [0.2, 0.25) is 5.02 Å². The maximum absolute atomic E-state index is 12.5. The lowest BCUT2D eigenvalue weighted by molar-refractivity contribution is -0.125. The summed E-state index contributed by atoms with van der Waals surface area (Å²) in [4.78, 5) is 27.2. The fourth-order valence-electron chi connectivity index (χ4n) is 3.30. The Morgan fingerprint density at radius 1 is 1.14 bits per heavy atom. The summed E-state index contributed by atoms with van der Waals surface area (Å²) in [6.45, 7) is 1.97. The number of carbonyl (C=O) groups is 1. The van der Waals surface area contributed by atoms with Gasteiger partial charge in [-0.3, -0.25) is 4.79 Å². The quantitative estimate of drug-likeness (QED) is 0.710. The lowest BCUT2D eigenvalue weighted by Crippen LogP contribution is -2.40. The summed E-state index contributed by atoms with van der Waals surface area (Å²) in [6.07, 6.45) is 6.14. The average Bonchev–Trinajstić information content (AvgIpc) is 3.28. The number of nitrogens with zero attached hydrogens (tertiary/aromatic N) is 6. The van der Waals surface area contributed by atoms with E-state index in [1.807, 2.05) is 30.3 Å². The average molecular weight is 398 g/mol. The van der Waals surface area contributed by atoms with Crippen molar-refractivity contribution in [1.29, 1.82) is 0 Å². The Morgan fingerprint density at radius 3 is 2.68 bits per heavy atom. The van der Waals surface area contributed by atoms with Gasteiger partial charge in [-0.1, -0.05) is 29.8 Å². The highest BCUT2D eigenvalue weighted by molar-refractivity contribution is 6.31. The molecule has 1 amide bonds. The second-order valence-corrected chi connectivity index (χ2v) is 7.05. The number of hydrogen-bond acceptors (Lipinski definition) is 6. The molecule has 0 radical (unpaired) electrons. The predicted molar refractivity (Wildman–Crippen MR) is 105 cm³/mol. The van der Waals surface area contributed by atoms with E-state index in [1.165, 1.54) is 12.7 Å². The van der Waals surface area contributed by atoms with Crippen LogP contribution in [0.15, 0.2) is 49.3 Å². The monoisotopic (exact) mass is 397 g/mol. The zero-order valence-corrected chi connectivity index (χ0v) is 16.0. The van der Waals surface area contributed by atoms with E-state index < -0.39 is 0 Å². The Bertz CT molecular complexity index is 939. The van der Waals surface area contributed by atoms with Gasteiger partial charge in [0.1, 0.15) is 24.8 Å². The van der Waals surface area contributed by atoms with E-state index in [0.29, 0.717) is 17.4 Å². The van der Waals surface area contributed by atoms with Gasteiger partial charge in [0, 0.05) is 36.6 Å². The van der Waals surface area contributed by atoms with Crippen molar-refractivity contribution in [2.75, 3.05) is 18.0 Å². The zero-order valence-electron chi connectivity index (χ0n) is 15.2. The number of carbonyl (C=O) groups excluding carboxylic acids is 1. The molecule has 1 aliphatic heterocycles. The number of aromatic nitrogens is 5. The third-order valence-corrected chi connectivity index (χ3v) is 5.26. The number of halogens is 1. The van der Waals surface area contributed by atoms with E-state index in [-0.39, 0.29) is 11.8 Å². The van der Waals surface area contributed by atoms with E-state index >= 15 is 0 Å². The van der Waals surface area contributed by atoms with Gasteiger partial charge in [0.25, 0.3) is 0 Å². The van der Waals surface area contributed by atoms with Crippen LogP contribution in [0.3, 0.4) is 0 Å². The van der Waals surface area contributed by atoms with Crippen LogP contribution < -0.4 is 10.2 Å². The highest BCUT2D eigenvalue weighted by Crippen LogP contribution is 2.23. The Kier molecular flexibility index (Phi) is 5.48. The first-order valence-corrected chi connectivity index (χ1v) is 9.51. The molecular weight excluding hydrogens is 378 g/mol. The summed E-state index contributed by atoms with van der Waals surface area (Å²) in [5.74, 6) is 1.57. The molecule has 2 aromatic heterocycles. The smallest absolute Gasteiger partial charge is 0.223 e. The van der Waals surface area contributed by atoms with Crippen LogP contribution in [-0.2, 0) is 11.3 Å². The summed E-state index contributed by atoms with van der Waals surface area (Å²) in [7, 11) is 0. The number of anilines is 1. The fourth-order valence-corrected chi connectivity index (χ4v) is 3.50. The number of benzene rings is 1. The summed E-state index contributed by atoms with van der Waals surface area (Å²) in [6, 6.07) is 9.43. The van der Waals surface area contributed by atoms with E-state index in [9.17, 15) is 4.79 Å². The topological polar surface area (TPSA) is 88.8 Å². The van der Waals surface area contributed by atoms with E-state index in [1.54, 1.807) is 11.0 Å². The van der Waals surface area contributed by atoms with Crippen molar-refractivity contribution in [3.63, 3.8) is 0 Å². The summed E-state index contributed by atoms with van der Waals surface area (Å²) in [5, 5.41) is 7.77. The number of rotatable bonds is 5. The van der Waals surface area contributed by atoms with Gasteiger partial charge in [-0.15, -0.1) is 0 Å². The van der Waals surface area contributed by atoms with Gasteiger partial charge in [-0.2, -0.15) is 5.10 Å². The molecule has 28 heavy (non-hydrogen) atoms. The molecule has 0 atom stereocenters. The second kappa shape index (κ2) is 8.35. The SMILES string of the molecule is O=C(NCc1ccccc1Cl)C1CCN(c2cc(-n3cncn3)ncn2)CC1. The van der Waals surface area contributed by atoms with E-state index in [2.05, 4.69) is 30.3 Å². The molecule has 0 spiro atoms. The molecule has 3 heterocycles. The predicted octanol–water partition coefficient (Wildman–Crippen LogP) is 2.24. The number of piperidine rings is 1. The number of amides is 1. The van der Waals surface area contributed by atoms with Gasteiger partial charge in [0.05, 0.1) is 0 Å². The number of nitrogens with one attached hydrogen (secondary N) is 1. The Labute approximate surface area is 167 Å². The minimum atomic E-state index is -0.00430. The third kappa shape index (κ3) is 4.12. The Morgan fingerprint density at radius 2 is 1.93 bits per heavy atom. The molecule has 0 unspecified atom stereocenters. The minimum Gasteiger partial charge on any atom is -0.356 e. The van der Waals surface area contributed by atoms with Crippen molar-refractivity contribution in [3.8, 4) is 5.82 Å². The lowest BCUT2D eigenvalue weighted by atomic mass is 9.96. The normalized spacial score (nSPS) is 14.8. The van der Waals surface area contributed by atoms with Crippen LogP contribution in [0.25, 0.3) is 5.82 Å². The first kappa shape index (κ1) is 18.4. The molecule has 0 saturated carbocycles. The van der Waals surface area contributed by atoms with Crippen molar-refractivity contribution in [2.45, 2.75) is 19.4 Å². The summed E-state index contributed by atoms with van der Waals surface area (Å²) < 4.78 is 1.60. The van der Waals surface area contributed by atoms with Crippen LogP contribution in [0, 0.1) is 5.92 Å². The first-order chi connectivity index (χ1) is 13.7. The minimum absolute atomic E-state index is 0.00430.